The molecule has 1 aliphatic rings. The van der Waals surface area contributed by atoms with E-state index < -0.39 is 6.17 Å². The van der Waals surface area contributed by atoms with Gasteiger partial charge in [0, 0.05) is 17.6 Å². The third kappa shape index (κ3) is 3.66. The van der Waals surface area contributed by atoms with Crippen LogP contribution in [0.25, 0.3) is 0 Å². The third-order valence-corrected chi connectivity index (χ3v) is 3.53. The first kappa shape index (κ1) is 12.8. The Hall–Kier alpha value is -0.640. The van der Waals surface area contributed by atoms with Crippen molar-refractivity contribution in [2.75, 3.05) is 19.6 Å². The summed E-state index contributed by atoms with van der Waals surface area (Å²) in [4.78, 5) is 2.14. The molecular weight excluding hydrogens is 239 g/mol. The van der Waals surface area contributed by atoms with Gasteiger partial charge in [-0.05, 0) is 43.6 Å². The maximum absolute atomic E-state index is 14.0. The van der Waals surface area contributed by atoms with Crippen LogP contribution in [0, 0.1) is 0 Å². The number of hydrogen-bond donors (Lipinski definition) is 1. The minimum atomic E-state index is -0.943. The van der Waals surface area contributed by atoms with Crippen LogP contribution >= 0.6 is 11.6 Å². The van der Waals surface area contributed by atoms with E-state index in [9.17, 15) is 4.39 Å². The predicted octanol–water partition coefficient (Wildman–Crippen LogP) is 2.77. The first-order valence-corrected chi connectivity index (χ1v) is 6.40. The summed E-state index contributed by atoms with van der Waals surface area (Å²) in [7, 11) is 0. The average Bonchev–Trinajstić information content (AvgIpc) is 2.33. The molecule has 0 spiro atoms. The molecule has 1 atom stereocenters. The highest BCUT2D eigenvalue weighted by molar-refractivity contribution is 6.30. The fraction of sp³-hybridized carbons (Fsp3) is 0.538. The van der Waals surface area contributed by atoms with Crippen LogP contribution < -0.4 is 5.73 Å². The summed E-state index contributed by atoms with van der Waals surface area (Å²) < 4.78 is 14.0. The molecule has 2 nitrogen and oxygen atoms in total. The average molecular weight is 257 g/mol. The monoisotopic (exact) mass is 256 g/mol. The second-order valence-corrected chi connectivity index (χ2v) is 5.09. The van der Waals surface area contributed by atoms with E-state index in [0.29, 0.717) is 23.2 Å². The zero-order chi connectivity index (χ0) is 12.3. The van der Waals surface area contributed by atoms with E-state index in [0.717, 1.165) is 25.9 Å². The number of nitrogens with zero attached hydrogens (tertiary/aromatic N) is 1. The minimum absolute atomic E-state index is 0.292. The van der Waals surface area contributed by atoms with Crippen LogP contribution in [0.5, 0.6) is 0 Å². The molecule has 1 aromatic carbocycles. The van der Waals surface area contributed by atoms with Crippen molar-refractivity contribution in [2.24, 2.45) is 5.73 Å². The van der Waals surface area contributed by atoms with Crippen LogP contribution in [0.1, 0.15) is 24.6 Å². The molecular formula is C13H18ClFN2. The van der Waals surface area contributed by atoms with Crippen LogP contribution in [-0.4, -0.2) is 30.6 Å². The fourth-order valence-corrected chi connectivity index (χ4v) is 2.27. The van der Waals surface area contributed by atoms with Gasteiger partial charge in [-0.2, -0.15) is 0 Å². The zero-order valence-electron chi connectivity index (χ0n) is 9.78. The molecule has 0 saturated carbocycles. The maximum atomic E-state index is 14.0. The van der Waals surface area contributed by atoms with Crippen LogP contribution in [0.2, 0.25) is 5.02 Å². The Morgan fingerprint density at radius 2 is 1.88 bits per heavy atom. The number of benzene rings is 1. The first-order chi connectivity index (χ1) is 8.15. The normalized spacial score (nSPS) is 20.4. The van der Waals surface area contributed by atoms with Gasteiger partial charge in [-0.25, -0.2) is 4.39 Å². The van der Waals surface area contributed by atoms with Gasteiger partial charge in [0.2, 0.25) is 0 Å². The molecule has 94 valence electrons. The molecule has 1 aliphatic heterocycles. The molecule has 2 N–H and O–H groups in total. The molecule has 4 heteroatoms. The lowest BCUT2D eigenvalue weighted by molar-refractivity contribution is 0.159. The van der Waals surface area contributed by atoms with Gasteiger partial charge in [-0.1, -0.05) is 23.7 Å². The van der Waals surface area contributed by atoms with Gasteiger partial charge < -0.3 is 5.73 Å². The van der Waals surface area contributed by atoms with Gasteiger partial charge in [0.1, 0.15) is 6.17 Å². The second kappa shape index (κ2) is 5.80. The molecule has 0 aliphatic carbocycles. The largest absolute Gasteiger partial charge is 0.328 e. The Kier molecular flexibility index (Phi) is 4.37. The molecule has 17 heavy (non-hydrogen) atoms. The summed E-state index contributed by atoms with van der Waals surface area (Å²) in [5, 5.41) is 0.643. The van der Waals surface area contributed by atoms with Crippen molar-refractivity contribution in [1.29, 1.82) is 0 Å². The van der Waals surface area contributed by atoms with Crippen molar-refractivity contribution >= 4 is 11.6 Å². The van der Waals surface area contributed by atoms with Gasteiger partial charge in [-0.15, -0.1) is 0 Å². The lowest BCUT2D eigenvalue weighted by Crippen LogP contribution is -2.40. The number of halogens is 2. The van der Waals surface area contributed by atoms with Crippen molar-refractivity contribution < 1.29 is 4.39 Å². The van der Waals surface area contributed by atoms with Gasteiger partial charge in [0.25, 0.3) is 0 Å². The fourth-order valence-electron chi connectivity index (χ4n) is 2.14. The highest BCUT2D eigenvalue weighted by Gasteiger charge is 2.20. The zero-order valence-corrected chi connectivity index (χ0v) is 10.5. The van der Waals surface area contributed by atoms with Crippen LogP contribution in [0.15, 0.2) is 24.3 Å². The molecule has 0 amide bonds. The van der Waals surface area contributed by atoms with Gasteiger partial charge in [0.05, 0.1) is 0 Å². The number of alkyl halides is 1. The van der Waals surface area contributed by atoms with E-state index in [1.54, 1.807) is 24.3 Å². The topological polar surface area (TPSA) is 29.3 Å². The summed E-state index contributed by atoms with van der Waals surface area (Å²) in [6.07, 6.45) is 0.988. The highest BCUT2D eigenvalue weighted by atomic mass is 35.5. The lowest BCUT2D eigenvalue weighted by atomic mass is 10.0. The first-order valence-electron chi connectivity index (χ1n) is 6.02. The van der Waals surface area contributed by atoms with Crippen LogP contribution in [0.4, 0.5) is 4.39 Å². The third-order valence-electron chi connectivity index (χ3n) is 3.28. The molecule has 1 saturated heterocycles. The number of piperidine rings is 1. The molecule has 1 unspecified atom stereocenters. The van der Waals surface area contributed by atoms with Crippen molar-refractivity contribution in [1.82, 2.24) is 4.90 Å². The van der Waals surface area contributed by atoms with Gasteiger partial charge in [0.15, 0.2) is 0 Å². The smallest absolute Gasteiger partial charge is 0.138 e. The lowest BCUT2D eigenvalue weighted by Gasteiger charge is -2.31. The number of hydrogen-bond acceptors (Lipinski definition) is 2. The molecule has 1 aromatic rings. The van der Waals surface area contributed by atoms with Crippen LogP contribution in [0.3, 0.4) is 0 Å². The Balaban J connectivity index is 1.88. The van der Waals surface area contributed by atoms with Gasteiger partial charge in [-0.3, -0.25) is 4.90 Å². The van der Waals surface area contributed by atoms with E-state index in [1.807, 2.05) is 0 Å². The molecule has 0 radical (unpaired) electrons. The number of likely N-dealkylation sites (tertiary alicyclic amines) is 1. The molecule has 2 rings (SSSR count). The van der Waals surface area contributed by atoms with E-state index in [4.69, 9.17) is 17.3 Å². The molecule has 0 aromatic heterocycles. The molecule has 1 fully saturated rings. The summed E-state index contributed by atoms with van der Waals surface area (Å²) in [6, 6.07) is 7.26. The maximum Gasteiger partial charge on any atom is 0.138 e. The quantitative estimate of drug-likeness (QED) is 0.901. The van der Waals surface area contributed by atoms with Crippen molar-refractivity contribution in [3.63, 3.8) is 0 Å². The van der Waals surface area contributed by atoms with Gasteiger partial charge >= 0.3 is 0 Å². The summed E-state index contributed by atoms with van der Waals surface area (Å²) in [5.74, 6) is 0. The summed E-state index contributed by atoms with van der Waals surface area (Å²) in [5.41, 5.74) is 6.52. The Morgan fingerprint density at radius 3 is 2.47 bits per heavy atom. The molecule has 0 bridgehead atoms. The molecule has 1 heterocycles. The van der Waals surface area contributed by atoms with Crippen molar-refractivity contribution in [2.45, 2.75) is 25.1 Å². The Bertz CT molecular complexity index is 347. The Morgan fingerprint density at radius 1 is 1.29 bits per heavy atom. The van der Waals surface area contributed by atoms with Crippen molar-refractivity contribution in [3.8, 4) is 0 Å². The van der Waals surface area contributed by atoms with E-state index >= 15 is 0 Å². The number of rotatable bonds is 3. The Labute approximate surface area is 107 Å². The van der Waals surface area contributed by atoms with Crippen molar-refractivity contribution in [3.05, 3.63) is 34.9 Å². The van der Waals surface area contributed by atoms with Crippen LogP contribution in [-0.2, 0) is 0 Å². The summed E-state index contributed by atoms with van der Waals surface area (Å²) >= 11 is 5.78. The van der Waals surface area contributed by atoms with E-state index in [2.05, 4.69) is 4.90 Å². The van der Waals surface area contributed by atoms with E-state index in [-0.39, 0.29) is 0 Å². The SMILES string of the molecule is NC1CCN(CC(F)c2ccc(Cl)cc2)CC1. The summed E-state index contributed by atoms with van der Waals surface area (Å²) in [6.45, 7) is 2.25. The second-order valence-electron chi connectivity index (χ2n) is 4.66. The minimum Gasteiger partial charge on any atom is -0.328 e. The van der Waals surface area contributed by atoms with E-state index in [1.165, 1.54) is 0 Å². The predicted molar refractivity (Wildman–Crippen MR) is 69.0 cm³/mol. The highest BCUT2D eigenvalue weighted by Crippen LogP contribution is 2.22. The number of nitrogens with two attached hydrogens (primary N) is 1. The standard InChI is InChI=1S/C13H18ClFN2/c14-11-3-1-10(2-4-11)13(15)9-17-7-5-12(16)6-8-17/h1-4,12-13H,5-9,16H2.